The van der Waals surface area contributed by atoms with Gasteiger partial charge in [0, 0.05) is 36.1 Å². The van der Waals surface area contributed by atoms with Crippen LogP contribution in [0, 0.1) is 24.4 Å². The molecule has 110 valence electrons. The van der Waals surface area contributed by atoms with E-state index in [0.29, 0.717) is 23.6 Å². The Balaban J connectivity index is 2.28. The zero-order valence-corrected chi connectivity index (χ0v) is 11.3. The zero-order valence-electron chi connectivity index (χ0n) is 11.3. The quantitative estimate of drug-likeness (QED) is 0.856. The predicted octanol–water partition coefficient (Wildman–Crippen LogP) is 3.10. The molecule has 0 spiro atoms. The number of hydrogen-bond donors (Lipinski definition) is 2. The summed E-state index contributed by atoms with van der Waals surface area (Å²) in [5.41, 5.74) is 0.692. The summed E-state index contributed by atoms with van der Waals surface area (Å²) in [5.74, 6) is -4.41. The molecule has 0 aliphatic carbocycles. The van der Waals surface area contributed by atoms with Crippen molar-refractivity contribution in [2.24, 2.45) is 0 Å². The van der Waals surface area contributed by atoms with E-state index >= 15 is 0 Å². The predicted molar refractivity (Wildman–Crippen MR) is 72.8 cm³/mol. The van der Waals surface area contributed by atoms with E-state index in [-0.39, 0.29) is 11.3 Å². The van der Waals surface area contributed by atoms with Gasteiger partial charge >= 0.3 is 0 Å². The van der Waals surface area contributed by atoms with Crippen LogP contribution in [0.2, 0.25) is 0 Å². The fraction of sp³-hybridized carbons (Fsp3) is 0.143. The highest BCUT2D eigenvalue weighted by Gasteiger charge is 2.14. The first-order valence-corrected chi connectivity index (χ1v) is 6.03. The van der Waals surface area contributed by atoms with Gasteiger partial charge in [0.05, 0.1) is 0 Å². The molecular formula is C14H12F3N3O. The summed E-state index contributed by atoms with van der Waals surface area (Å²) in [5, 5.41) is 5.10. The number of nitrogens with zero attached hydrogens (tertiary/aromatic N) is 1. The molecule has 2 rings (SSSR count). The van der Waals surface area contributed by atoms with Crippen LogP contribution < -0.4 is 10.6 Å². The molecular weight excluding hydrogens is 283 g/mol. The standard InChI is InChI=1S/C14H12F3N3O/c1-7-3-8(4-12(18-2)19-7)14(21)20-9-5-10(15)13(17)11(16)6-9/h3-6H,1-2H3,(H,18,19)(H,20,21). The molecule has 0 saturated carbocycles. The Hall–Kier alpha value is -2.57. The second-order valence-corrected chi connectivity index (χ2v) is 4.34. The maximum Gasteiger partial charge on any atom is 0.255 e. The molecule has 7 heteroatoms. The van der Waals surface area contributed by atoms with Gasteiger partial charge in [-0.1, -0.05) is 0 Å². The molecule has 21 heavy (non-hydrogen) atoms. The highest BCUT2D eigenvalue weighted by atomic mass is 19.2. The summed E-state index contributed by atoms with van der Waals surface area (Å²) in [4.78, 5) is 16.2. The van der Waals surface area contributed by atoms with Crippen molar-refractivity contribution >= 4 is 17.4 Å². The van der Waals surface area contributed by atoms with Crippen molar-refractivity contribution < 1.29 is 18.0 Å². The van der Waals surface area contributed by atoms with Gasteiger partial charge in [-0.05, 0) is 19.1 Å². The summed E-state index contributed by atoms with van der Waals surface area (Å²) in [6, 6.07) is 4.43. The van der Waals surface area contributed by atoms with Crippen molar-refractivity contribution in [3.63, 3.8) is 0 Å². The Morgan fingerprint density at radius 3 is 2.29 bits per heavy atom. The average molecular weight is 295 g/mol. The van der Waals surface area contributed by atoms with E-state index in [1.165, 1.54) is 12.1 Å². The molecule has 0 bridgehead atoms. The average Bonchev–Trinajstić information content (AvgIpc) is 2.43. The highest BCUT2D eigenvalue weighted by molar-refractivity contribution is 6.04. The van der Waals surface area contributed by atoms with Crippen LogP contribution in [0.3, 0.4) is 0 Å². The minimum Gasteiger partial charge on any atom is -0.373 e. The van der Waals surface area contributed by atoms with E-state index in [2.05, 4.69) is 15.6 Å². The molecule has 1 amide bonds. The fourth-order valence-corrected chi connectivity index (χ4v) is 1.76. The van der Waals surface area contributed by atoms with E-state index in [1.807, 2.05) is 0 Å². The Labute approximate surface area is 119 Å². The second kappa shape index (κ2) is 5.82. The molecule has 4 nitrogen and oxygen atoms in total. The number of carbonyl (C=O) groups is 1. The number of aromatic nitrogens is 1. The summed E-state index contributed by atoms with van der Waals surface area (Å²) in [6.07, 6.45) is 0. The van der Waals surface area contributed by atoms with Gasteiger partial charge in [-0.25, -0.2) is 18.2 Å². The van der Waals surface area contributed by atoms with E-state index in [1.54, 1.807) is 14.0 Å². The lowest BCUT2D eigenvalue weighted by atomic mass is 10.2. The topological polar surface area (TPSA) is 54.0 Å². The smallest absolute Gasteiger partial charge is 0.255 e. The Morgan fingerprint density at radius 2 is 1.71 bits per heavy atom. The van der Waals surface area contributed by atoms with Gasteiger partial charge in [-0.2, -0.15) is 0 Å². The van der Waals surface area contributed by atoms with Crippen LogP contribution >= 0.6 is 0 Å². The molecule has 0 radical (unpaired) electrons. The number of hydrogen-bond acceptors (Lipinski definition) is 3. The molecule has 0 unspecified atom stereocenters. The van der Waals surface area contributed by atoms with Gasteiger partial charge in [0.15, 0.2) is 17.5 Å². The minimum atomic E-state index is -1.58. The van der Waals surface area contributed by atoms with E-state index in [9.17, 15) is 18.0 Å². The monoisotopic (exact) mass is 295 g/mol. The molecule has 2 aromatic rings. The number of anilines is 2. The first kappa shape index (κ1) is 14.8. The molecule has 2 N–H and O–H groups in total. The fourth-order valence-electron chi connectivity index (χ4n) is 1.76. The summed E-state index contributed by atoms with van der Waals surface area (Å²) in [6.45, 7) is 1.70. The Morgan fingerprint density at radius 1 is 1.10 bits per heavy atom. The summed E-state index contributed by atoms with van der Waals surface area (Å²) in [7, 11) is 1.65. The first-order chi connectivity index (χ1) is 9.90. The van der Waals surface area contributed by atoms with Crippen molar-refractivity contribution in [2.45, 2.75) is 6.92 Å². The molecule has 1 heterocycles. The van der Waals surface area contributed by atoms with Gasteiger partial charge in [0.1, 0.15) is 5.82 Å². The van der Waals surface area contributed by atoms with Gasteiger partial charge < -0.3 is 10.6 Å². The molecule has 0 atom stereocenters. The van der Waals surface area contributed by atoms with Gasteiger partial charge in [0.25, 0.3) is 5.91 Å². The number of amides is 1. The number of carbonyl (C=O) groups excluding carboxylic acids is 1. The van der Waals surface area contributed by atoms with Crippen LogP contribution in [0.15, 0.2) is 24.3 Å². The number of nitrogens with one attached hydrogen (secondary N) is 2. The van der Waals surface area contributed by atoms with Crippen LogP contribution in [-0.2, 0) is 0 Å². The molecule has 0 aliphatic rings. The maximum atomic E-state index is 13.1. The number of benzene rings is 1. The second-order valence-electron chi connectivity index (χ2n) is 4.34. The van der Waals surface area contributed by atoms with Crippen molar-refractivity contribution in [1.29, 1.82) is 0 Å². The molecule has 0 aliphatic heterocycles. The largest absolute Gasteiger partial charge is 0.373 e. The van der Waals surface area contributed by atoms with Gasteiger partial charge in [-0.3, -0.25) is 4.79 Å². The lowest BCUT2D eigenvalue weighted by Crippen LogP contribution is -2.13. The number of rotatable bonds is 3. The summed E-state index contributed by atoms with van der Waals surface area (Å²) < 4.78 is 39.0. The third kappa shape index (κ3) is 3.31. The van der Waals surface area contributed by atoms with E-state index < -0.39 is 23.4 Å². The Kier molecular flexibility index (Phi) is 4.11. The van der Waals surface area contributed by atoms with Crippen molar-refractivity contribution in [3.05, 3.63) is 53.0 Å². The maximum absolute atomic E-state index is 13.1. The third-order valence-electron chi connectivity index (χ3n) is 2.71. The van der Waals surface area contributed by atoms with Crippen LogP contribution in [0.25, 0.3) is 0 Å². The first-order valence-electron chi connectivity index (χ1n) is 6.03. The van der Waals surface area contributed by atoms with Gasteiger partial charge in [0.2, 0.25) is 0 Å². The van der Waals surface area contributed by atoms with Crippen molar-refractivity contribution in [1.82, 2.24) is 4.98 Å². The Bertz CT molecular complexity index is 681. The molecule has 1 aromatic heterocycles. The van der Waals surface area contributed by atoms with Crippen LogP contribution in [0.5, 0.6) is 0 Å². The van der Waals surface area contributed by atoms with Crippen LogP contribution in [-0.4, -0.2) is 17.9 Å². The molecule has 0 fully saturated rings. The van der Waals surface area contributed by atoms with E-state index in [0.717, 1.165) is 0 Å². The zero-order chi connectivity index (χ0) is 15.6. The number of pyridine rings is 1. The lowest BCUT2D eigenvalue weighted by molar-refractivity contribution is 0.102. The summed E-state index contributed by atoms with van der Waals surface area (Å²) >= 11 is 0. The van der Waals surface area contributed by atoms with Crippen molar-refractivity contribution in [2.75, 3.05) is 17.7 Å². The molecule has 0 saturated heterocycles. The molecule has 1 aromatic carbocycles. The van der Waals surface area contributed by atoms with Crippen LogP contribution in [0.4, 0.5) is 24.7 Å². The van der Waals surface area contributed by atoms with E-state index in [4.69, 9.17) is 0 Å². The van der Waals surface area contributed by atoms with Crippen LogP contribution in [0.1, 0.15) is 16.1 Å². The SMILES string of the molecule is CNc1cc(C(=O)Nc2cc(F)c(F)c(F)c2)cc(C)n1. The lowest BCUT2D eigenvalue weighted by Gasteiger charge is -2.08. The highest BCUT2D eigenvalue weighted by Crippen LogP contribution is 2.18. The van der Waals surface area contributed by atoms with Gasteiger partial charge in [-0.15, -0.1) is 0 Å². The third-order valence-corrected chi connectivity index (χ3v) is 2.71. The minimum absolute atomic E-state index is 0.170. The number of aryl methyl sites for hydroxylation is 1. The number of halogens is 3. The van der Waals surface area contributed by atoms with Crippen molar-refractivity contribution in [3.8, 4) is 0 Å². The normalized spacial score (nSPS) is 10.3.